The molecule has 0 saturated heterocycles. The van der Waals surface area contributed by atoms with E-state index in [0.29, 0.717) is 17.5 Å². The van der Waals surface area contributed by atoms with Crippen molar-refractivity contribution in [2.75, 3.05) is 0 Å². The molecule has 0 unspecified atom stereocenters. The average Bonchev–Trinajstić information content (AvgIpc) is 3.67. The number of furan rings is 2. The Morgan fingerprint density at radius 3 is 1.64 bits per heavy atom. The van der Waals surface area contributed by atoms with Gasteiger partial charge in [0.25, 0.3) is 0 Å². The fraction of sp³-hybridized carbons (Fsp3) is 0. The summed E-state index contributed by atoms with van der Waals surface area (Å²) in [5.74, 6) is 1.78. The van der Waals surface area contributed by atoms with Crippen molar-refractivity contribution in [2.24, 2.45) is 0 Å². The summed E-state index contributed by atoms with van der Waals surface area (Å²) in [5, 5.41) is 4.10. The van der Waals surface area contributed by atoms with Crippen molar-refractivity contribution >= 4 is 43.9 Å². The fourth-order valence-corrected chi connectivity index (χ4v) is 6.15. The first-order valence-electron chi connectivity index (χ1n) is 14.5. The summed E-state index contributed by atoms with van der Waals surface area (Å²) in [4.78, 5) is 15.2. The Morgan fingerprint density at radius 1 is 0.364 bits per heavy atom. The smallest absolute Gasteiger partial charge is 0.165 e. The molecule has 0 aliphatic heterocycles. The van der Waals surface area contributed by atoms with E-state index in [1.807, 2.05) is 103 Å². The van der Waals surface area contributed by atoms with E-state index >= 15 is 0 Å². The Bertz CT molecular complexity index is 2440. The molecule has 0 bridgehead atoms. The molecule has 0 N–H and O–H groups in total. The van der Waals surface area contributed by atoms with Gasteiger partial charge in [0.1, 0.15) is 22.3 Å². The summed E-state index contributed by atoms with van der Waals surface area (Å²) >= 11 is 0. The molecule has 3 aromatic heterocycles. The predicted octanol–water partition coefficient (Wildman–Crippen LogP) is 10.3. The van der Waals surface area contributed by atoms with E-state index in [1.165, 1.54) is 0 Å². The lowest BCUT2D eigenvalue weighted by atomic mass is 9.93. The molecule has 0 fully saturated rings. The zero-order valence-electron chi connectivity index (χ0n) is 23.4. The monoisotopic (exact) mass is 565 g/mol. The Hall–Kier alpha value is -6.07. The van der Waals surface area contributed by atoms with Crippen molar-refractivity contribution < 1.29 is 8.83 Å². The van der Waals surface area contributed by atoms with E-state index in [2.05, 4.69) is 36.4 Å². The minimum absolute atomic E-state index is 0.568. The highest BCUT2D eigenvalue weighted by Crippen LogP contribution is 2.45. The maximum Gasteiger partial charge on any atom is 0.165 e. The molecule has 5 heteroatoms. The van der Waals surface area contributed by atoms with Gasteiger partial charge in [-0.15, -0.1) is 0 Å². The third-order valence-corrected chi connectivity index (χ3v) is 8.16. The van der Waals surface area contributed by atoms with Crippen LogP contribution < -0.4 is 0 Å². The summed E-state index contributed by atoms with van der Waals surface area (Å²) in [7, 11) is 0. The lowest BCUT2D eigenvalue weighted by Crippen LogP contribution is -2.01. The van der Waals surface area contributed by atoms with Crippen molar-refractivity contribution in [3.63, 3.8) is 0 Å². The van der Waals surface area contributed by atoms with Gasteiger partial charge in [-0.25, -0.2) is 15.0 Å². The maximum absolute atomic E-state index is 6.52. The molecule has 0 aliphatic carbocycles. The fourth-order valence-electron chi connectivity index (χ4n) is 6.15. The first-order valence-corrected chi connectivity index (χ1v) is 14.5. The van der Waals surface area contributed by atoms with Crippen LogP contribution in [0.4, 0.5) is 0 Å². The number of benzene rings is 6. The molecule has 6 aromatic carbocycles. The number of nitrogens with zero attached hydrogens (tertiary/aromatic N) is 3. The molecular weight excluding hydrogens is 542 g/mol. The molecular formula is C39H23N3O2. The molecule has 0 spiro atoms. The second-order valence-electron chi connectivity index (χ2n) is 10.8. The van der Waals surface area contributed by atoms with Crippen LogP contribution in [0.1, 0.15) is 0 Å². The molecule has 0 radical (unpaired) electrons. The van der Waals surface area contributed by atoms with E-state index in [0.717, 1.165) is 71.7 Å². The van der Waals surface area contributed by atoms with Gasteiger partial charge in [-0.2, -0.15) is 0 Å². The molecule has 3 heterocycles. The minimum atomic E-state index is 0.568. The maximum atomic E-state index is 6.52. The second-order valence-corrected chi connectivity index (χ2v) is 10.8. The molecule has 9 rings (SSSR count). The number of hydrogen-bond acceptors (Lipinski definition) is 5. The number of aromatic nitrogens is 3. The SMILES string of the molecule is c1ccc(-c2nc(-c3ccccc3)nc(-c3c(-c4cccc5c4oc4ccccc45)ccc4oc5ccccc5c34)n2)cc1. The van der Waals surface area contributed by atoms with Crippen LogP contribution >= 0.6 is 0 Å². The van der Waals surface area contributed by atoms with E-state index < -0.39 is 0 Å². The summed E-state index contributed by atoms with van der Waals surface area (Å²) < 4.78 is 12.9. The Balaban J connectivity index is 1.42. The van der Waals surface area contributed by atoms with Crippen LogP contribution in [0.15, 0.2) is 148 Å². The molecule has 0 atom stereocenters. The van der Waals surface area contributed by atoms with Gasteiger partial charge in [0.05, 0.1) is 0 Å². The number of hydrogen-bond donors (Lipinski definition) is 0. The molecule has 5 nitrogen and oxygen atoms in total. The van der Waals surface area contributed by atoms with Gasteiger partial charge in [0, 0.05) is 43.8 Å². The molecule has 206 valence electrons. The Kier molecular flexibility index (Phi) is 5.43. The van der Waals surface area contributed by atoms with Crippen molar-refractivity contribution in [1.82, 2.24) is 15.0 Å². The first kappa shape index (κ1) is 24.5. The predicted molar refractivity (Wildman–Crippen MR) is 176 cm³/mol. The van der Waals surface area contributed by atoms with Crippen molar-refractivity contribution in [2.45, 2.75) is 0 Å². The summed E-state index contributed by atoms with van der Waals surface area (Å²) in [6.07, 6.45) is 0. The van der Waals surface area contributed by atoms with Gasteiger partial charge in [-0.05, 0) is 29.8 Å². The summed E-state index contributed by atoms with van der Waals surface area (Å²) in [6, 6.07) is 46.8. The van der Waals surface area contributed by atoms with Gasteiger partial charge in [0.15, 0.2) is 17.5 Å². The second kappa shape index (κ2) is 9.75. The van der Waals surface area contributed by atoms with Crippen molar-refractivity contribution in [3.8, 4) is 45.3 Å². The largest absolute Gasteiger partial charge is 0.456 e. The summed E-state index contributed by atoms with van der Waals surface area (Å²) in [5.41, 5.74) is 7.87. The lowest BCUT2D eigenvalue weighted by Gasteiger charge is -2.13. The third kappa shape index (κ3) is 3.83. The van der Waals surface area contributed by atoms with E-state index in [9.17, 15) is 0 Å². The topological polar surface area (TPSA) is 65.0 Å². The standard InChI is InChI=1S/C39H23N3O2/c1-3-12-24(13-4-1)37-40-38(25-14-5-2-6-15-25)42-39(41-37)35-27(22-23-33-34(35)30-17-8-10-21-32(30)43-33)29-19-11-18-28-26-16-7-9-20-31(26)44-36(28)29/h1-23H. The third-order valence-electron chi connectivity index (χ3n) is 8.16. The van der Waals surface area contributed by atoms with Crippen molar-refractivity contribution in [3.05, 3.63) is 140 Å². The van der Waals surface area contributed by atoms with E-state index in [1.54, 1.807) is 0 Å². The highest BCUT2D eigenvalue weighted by atomic mass is 16.3. The average molecular weight is 566 g/mol. The van der Waals surface area contributed by atoms with Crippen LogP contribution in [0.2, 0.25) is 0 Å². The van der Waals surface area contributed by atoms with E-state index in [4.69, 9.17) is 23.8 Å². The normalized spacial score (nSPS) is 11.6. The number of para-hydroxylation sites is 3. The lowest BCUT2D eigenvalue weighted by molar-refractivity contribution is 0.668. The van der Waals surface area contributed by atoms with E-state index in [-0.39, 0.29) is 0 Å². The molecule has 44 heavy (non-hydrogen) atoms. The molecule has 0 aliphatic rings. The van der Waals surface area contributed by atoms with Crippen LogP contribution in [0.25, 0.3) is 89.2 Å². The van der Waals surface area contributed by atoms with Gasteiger partial charge >= 0.3 is 0 Å². The summed E-state index contributed by atoms with van der Waals surface area (Å²) in [6.45, 7) is 0. The van der Waals surface area contributed by atoms with Crippen LogP contribution in [-0.4, -0.2) is 15.0 Å². The Labute approximate surface area is 252 Å². The molecule has 0 saturated carbocycles. The van der Waals surface area contributed by atoms with Crippen LogP contribution in [0.5, 0.6) is 0 Å². The van der Waals surface area contributed by atoms with Crippen LogP contribution in [0, 0.1) is 0 Å². The van der Waals surface area contributed by atoms with Gasteiger partial charge < -0.3 is 8.83 Å². The number of rotatable bonds is 4. The number of fused-ring (bicyclic) bond motifs is 6. The van der Waals surface area contributed by atoms with Gasteiger partial charge in [-0.1, -0.05) is 115 Å². The highest BCUT2D eigenvalue weighted by Gasteiger charge is 2.24. The molecule has 0 amide bonds. The first-order chi connectivity index (χ1) is 21.8. The van der Waals surface area contributed by atoms with Crippen molar-refractivity contribution in [1.29, 1.82) is 0 Å². The quantitative estimate of drug-likeness (QED) is 0.212. The zero-order chi connectivity index (χ0) is 29.0. The minimum Gasteiger partial charge on any atom is -0.456 e. The highest BCUT2D eigenvalue weighted by molar-refractivity contribution is 6.17. The molecule has 9 aromatic rings. The van der Waals surface area contributed by atoms with Gasteiger partial charge in [0.2, 0.25) is 0 Å². The van der Waals surface area contributed by atoms with Crippen LogP contribution in [-0.2, 0) is 0 Å². The Morgan fingerprint density at radius 2 is 0.932 bits per heavy atom. The van der Waals surface area contributed by atoms with Gasteiger partial charge in [-0.3, -0.25) is 0 Å². The van der Waals surface area contributed by atoms with Crippen LogP contribution in [0.3, 0.4) is 0 Å². The zero-order valence-corrected chi connectivity index (χ0v) is 23.4.